The minimum absolute atomic E-state index is 1.23. The van der Waals surface area contributed by atoms with Crippen LogP contribution in [0.15, 0.2) is 35.5 Å². The lowest BCUT2D eigenvalue weighted by Crippen LogP contribution is -1.74. The van der Waals surface area contributed by atoms with Crippen LogP contribution in [0.1, 0.15) is 52.4 Å². The van der Waals surface area contributed by atoms with Gasteiger partial charge in [-0.1, -0.05) is 57.4 Å². The van der Waals surface area contributed by atoms with Crippen molar-refractivity contribution in [2.24, 2.45) is 0 Å². The van der Waals surface area contributed by atoms with Gasteiger partial charge in [-0.3, -0.25) is 0 Å². The van der Waals surface area contributed by atoms with Crippen LogP contribution < -0.4 is 0 Å². The highest BCUT2D eigenvalue weighted by molar-refractivity contribution is 5.45. The molecule has 1 aliphatic rings. The fourth-order valence-electron chi connectivity index (χ4n) is 1.75. The zero-order valence-corrected chi connectivity index (χ0v) is 9.55. The van der Waals surface area contributed by atoms with Gasteiger partial charge in [0.05, 0.1) is 0 Å². The Morgan fingerprint density at radius 1 is 1.07 bits per heavy atom. The molecule has 78 valence electrons. The fourth-order valence-corrected chi connectivity index (χ4v) is 1.75. The third-order valence-electron chi connectivity index (χ3n) is 2.57. The van der Waals surface area contributed by atoms with Crippen molar-refractivity contribution in [1.29, 1.82) is 0 Å². The molecule has 0 saturated carbocycles. The van der Waals surface area contributed by atoms with Crippen molar-refractivity contribution >= 4 is 0 Å². The van der Waals surface area contributed by atoms with Gasteiger partial charge in [-0.25, -0.2) is 0 Å². The van der Waals surface area contributed by atoms with Crippen LogP contribution in [-0.4, -0.2) is 0 Å². The van der Waals surface area contributed by atoms with Crippen LogP contribution in [0.25, 0.3) is 0 Å². The van der Waals surface area contributed by atoms with Crippen molar-refractivity contribution in [3.63, 3.8) is 0 Å². The van der Waals surface area contributed by atoms with Gasteiger partial charge in [0.1, 0.15) is 0 Å². The van der Waals surface area contributed by atoms with Gasteiger partial charge in [0, 0.05) is 0 Å². The van der Waals surface area contributed by atoms with Gasteiger partial charge in [-0.2, -0.15) is 0 Å². The van der Waals surface area contributed by atoms with E-state index in [-0.39, 0.29) is 0 Å². The van der Waals surface area contributed by atoms with E-state index in [1.54, 1.807) is 0 Å². The molecule has 0 heteroatoms. The van der Waals surface area contributed by atoms with Crippen molar-refractivity contribution in [3.8, 4) is 0 Å². The molecule has 14 heavy (non-hydrogen) atoms. The second-order valence-electron chi connectivity index (χ2n) is 4.00. The summed E-state index contributed by atoms with van der Waals surface area (Å²) in [6.45, 7) is 4.49. The lowest BCUT2D eigenvalue weighted by molar-refractivity contribution is 0.728. The van der Waals surface area contributed by atoms with Crippen molar-refractivity contribution < 1.29 is 0 Å². The molecule has 1 rings (SSSR count). The summed E-state index contributed by atoms with van der Waals surface area (Å²) in [6, 6.07) is 0. The molecule has 0 bridgehead atoms. The Bertz CT molecular complexity index is 241. The molecule has 0 nitrogen and oxygen atoms in total. The van der Waals surface area contributed by atoms with Crippen molar-refractivity contribution in [1.82, 2.24) is 0 Å². The summed E-state index contributed by atoms with van der Waals surface area (Å²) in [6.07, 6.45) is 16.9. The highest BCUT2D eigenvalue weighted by Crippen LogP contribution is 2.19. The Kier molecular flexibility index (Phi) is 5.36. The lowest BCUT2D eigenvalue weighted by Gasteiger charge is -1.94. The molecule has 0 spiro atoms. The van der Waals surface area contributed by atoms with Gasteiger partial charge < -0.3 is 0 Å². The third-order valence-corrected chi connectivity index (χ3v) is 2.57. The highest BCUT2D eigenvalue weighted by atomic mass is 14.1. The minimum Gasteiger partial charge on any atom is -0.0773 e. The summed E-state index contributed by atoms with van der Waals surface area (Å²) in [7, 11) is 0. The number of rotatable bonds is 6. The Balaban J connectivity index is 2.30. The van der Waals surface area contributed by atoms with E-state index in [4.69, 9.17) is 0 Å². The molecule has 0 aliphatic heterocycles. The molecule has 0 fully saturated rings. The molecule has 0 radical (unpaired) electrons. The number of hydrogen-bond acceptors (Lipinski definition) is 0. The third kappa shape index (κ3) is 3.95. The first-order chi connectivity index (χ1) is 6.86. The van der Waals surface area contributed by atoms with Gasteiger partial charge >= 0.3 is 0 Å². The molecule has 0 unspecified atom stereocenters. The quantitative estimate of drug-likeness (QED) is 0.528. The smallest absolute Gasteiger partial charge is 0.0281 e. The molecule has 0 aromatic carbocycles. The summed E-state index contributed by atoms with van der Waals surface area (Å²) >= 11 is 0. The predicted octanol–water partition coefficient (Wildman–Crippen LogP) is 4.79. The maximum atomic E-state index is 2.37. The zero-order valence-electron chi connectivity index (χ0n) is 9.55. The van der Waals surface area contributed by atoms with Crippen LogP contribution >= 0.6 is 0 Å². The molecule has 0 aromatic rings. The predicted molar refractivity (Wildman–Crippen MR) is 64.4 cm³/mol. The van der Waals surface area contributed by atoms with E-state index in [1.165, 1.54) is 49.7 Å². The van der Waals surface area contributed by atoms with E-state index in [0.29, 0.717) is 0 Å². The largest absolute Gasteiger partial charge is 0.0773 e. The van der Waals surface area contributed by atoms with Crippen LogP contribution in [0.5, 0.6) is 0 Å². The number of allylic oxidation sites excluding steroid dienone is 6. The molecular weight excluding hydrogens is 168 g/mol. The van der Waals surface area contributed by atoms with E-state index in [0.717, 1.165) is 0 Å². The van der Waals surface area contributed by atoms with E-state index in [2.05, 4.69) is 38.2 Å². The standard InChI is InChI=1S/C14H22/c1-3-5-6-7-9-14-11-10-13(12-14)8-4-2/h9-12H,3-8H2,1-2H3/b14-9-. The number of unbranched alkanes of at least 4 members (excludes halogenated alkanes) is 3. The van der Waals surface area contributed by atoms with Gasteiger partial charge in [-0.05, 0) is 30.4 Å². The summed E-state index contributed by atoms with van der Waals surface area (Å²) < 4.78 is 0. The second kappa shape index (κ2) is 6.64. The first kappa shape index (κ1) is 11.3. The monoisotopic (exact) mass is 190 g/mol. The Hall–Kier alpha value is -0.780. The van der Waals surface area contributed by atoms with Gasteiger partial charge in [0.25, 0.3) is 0 Å². The highest BCUT2D eigenvalue weighted by Gasteiger charge is 1.99. The molecule has 0 N–H and O–H groups in total. The normalized spacial score (nSPS) is 17.9. The van der Waals surface area contributed by atoms with E-state index in [9.17, 15) is 0 Å². The first-order valence-corrected chi connectivity index (χ1v) is 5.95. The summed E-state index contributed by atoms with van der Waals surface area (Å²) in [5.41, 5.74) is 2.92. The van der Waals surface area contributed by atoms with Gasteiger partial charge in [0.2, 0.25) is 0 Å². The van der Waals surface area contributed by atoms with E-state index < -0.39 is 0 Å². The Labute approximate surface area is 88.4 Å². The van der Waals surface area contributed by atoms with E-state index in [1.807, 2.05) is 0 Å². The zero-order chi connectivity index (χ0) is 10.2. The molecule has 1 aliphatic carbocycles. The summed E-state index contributed by atoms with van der Waals surface area (Å²) in [4.78, 5) is 0. The molecule has 0 amide bonds. The van der Waals surface area contributed by atoms with Gasteiger partial charge in [0.15, 0.2) is 0 Å². The van der Waals surface area contributed by atoms with Crippen LogP contribution in [0, 0.1) is 0 Å². The van der Waals surface area contributed by atoms with Crippen molar-refractivity contribution in [2.45, 2.75) is 52.4 Å². The van der Waals surface area contributed by atoms with Crippen LogP contribution in [0.3, 0.4) is 0 Å². The molecule has 0 heterocycles. The van der Waals surface area contributed by atoms with Crippen molar-refractivity contribution in [2.75, 3.05) is 0 Å². The van der Waals surface area contributed by atoms with Crippen molar-refractivity contribution in [3.05, 3.63) is 35.5 Å². The van der Waals surface area contributed by atoms with E-state index >= 15 is 0 Å². The maximum absolute atomic E-state index is 2.37. The van der Waals surface area contributed by atoms with Gasteiger partial charge in [-0.15, -0.1) is 0 Å². The minimum atomic E-state index is 1.23. The second-order valence-corrected chi connectivity index (χ2v) is 4.00. The average Bonchev–Trinajstić information content (AvgIpc) is 2.61. The average molecular weight is 190 g/mol. The molecule has 0 saturated heterocycles. The molecular formula is C14H22. The SMILES string of the molecule is CCCCC/C=C1/C=CC(CCC)=C1. The van der Waals surface area contributed by atoms with Crippen LogP contribution in [0.4, 0.5) is 0 Å². The Morgan fingerprint density at radius 2 is 1.93 bits per heavy atom. The van der Waals surface area contributed by atoms with Crippen LogP contribution in [0.2, 0.25) is 0 Å². The maximum Gasteiger partial charge on any atom is -0.0281 e. The first-order valence-electron chi connectivity index (χ1n) is 5.95. The molecule has 0 aromatic heterocycles. The summed E-state index contributed by atoms with van der Waals surface area (Å²) in [5.74, 6) is 0. The fraction of sp³-hybridized carbons (Fsp3) is 0.571. The van der Waals surface area contributed by atoms with Crippen LogP contribution in [-0.2, 0) is 0 Å². The summed E-state index contributed by atoms with van der Waals surface area (Å²) in [5, 5.41) is 0. The lowest BCUT2D eigenvalue weighted by atomic mass is 10.1. The topological polar surface area (TPSA) is 0 Å². The Morgan fingerprint density at radius 3 is 2.64 bits per heavy atom. The number of hydrogen-bond donors (Lipinski definition) is 0. The molecule has 0 atom stereocenters.